The first-order valence-electron chi connectivity index (χ1n) is 16.6. The monoisotopic (exact) mass is 627 g/mol. The minimum atomic E-state index is 0.607. The molecule has 10 rings (SSSR count). The van der Waals surface area contributed by atoms with Gasteiger partial charge in [0.15, 0.2) is 5.58 Å². The van der Waals surface area contributed by atoms with Crippen molar-refractivity contribution >= 4 is 71.5 Å². The molecule has 4 nitrogen and oxygen atoms in total. The van der Waals surface area contributed by atoms with E-state index in [9.17, 15) is 0 Å². The number of oxazole rings is 1. The number of para-hydroxylation sites is 3. The van der Waals surface area contributed by atoms with E-state index in [1.54, 1.807) is 0 Å². The van der Waals surface area contributed by atoms with Gasteiger partial charge in [0.2, 0.25) is 5.89 Å². The SMILES string of the molecule is c1ccc(-c2nc3cccc(N(c4ccc5cc6c7ccccc7n(-c7ccccc7)c6cc5c4)c4cccc5ccccc45)c3o2)cc1. The first-order chi connectivity index (χ1) is 24.3. The van der Waals surface area contributed by atoms with E-state index in [2.05, 4.69) is 149 Å². The summed E-state index contributed by atoms with van der Waals surface area (Å²) in [5.41, 5.74) is 9.07. The Labute approximate surface area is 282 Å². The maximum absolute atomic E-state index is 6.61. The second-order valence-corrected chi connectivity index (χ2v) is 12.4. The van der Waals surface area contributed by atoms with Crippen LogP contribution in [0.3, 0.4) is 0 Å². The number of benzene rings is 8. The molecule has 49 heavy (non-hydrogen) atoms. The predicted molar refractivity (Wildman–Crippen MR) is 203 cm³/mol. The summed E-state index contributed by atoms with van der Waals surface area (Å²) in [7, 11) is 0. The van der Waals surface area contributed by atoms with Crippen LogP contribution in [0.15, 0.2) is 180 Å². The fourth-order valence-corrected chi connectivity index (χ4v) is 7.32. The molecule has 10 aromatic rings. The Kier molecular flexibility index (Phi) is 6.15. The zero-order chi connectivity index (χ0) is 32.3. The fourth-order valence-electron chi connectivity index (χ4n) is 7.32. The van der Waals surface area contributed by atoms with Crippen molar-refractivity contribution in [3.8, 4) is 17.1 Å². The van der Waals surface area contributed by atoms with E-state index in [1.165, 1.54) is 32.6 Å². The number of anilines is 3. The first kappa shape index (κ1) is 27.5. The lowest BCUT2D eigenvalue weighted by atomic mass is 10.0. The number of nitrogens with zero attached hydrogens (tertiary/aromatic N) is 3. The molecule has 0 saturated heterocycles. The molecule has 0 aliphatic rings. The van der Waals surface area contributed by atoms with Crippen molar-refractivity contribution in [1.82, 2.24) is 9.55 Å². The van der Waals surface area contributed by atoms with E-state index in [-0.39, 0.29) is 0 Å². The van der Waals surface area contributed by atoms with Crippen LogP contribution >= 0.6 is 0 Å². The van der Waals surface area contributed by atoms with Crippen molar-refractivity contribution in [1.29, 1.82) is 0 Å². The summed E-state index contributed by atoms with van der Waals surface area (Å²) in [6.45, 7) is 0. The van der Waals surface area contributed by atoms with Crippen molar-refractivity contribution in [3.63, 3.8) is 0 Å². The largest absolute Gasteiger partial charge is 0.434 e. The molecular formula is C45H29N3O. The quantitative estimate of drug-likeness (QED) is 0.190. The third kappa shape index (κ3) is 4.42. The van der Waals surface area contributed by atoms with Gasteiger partial charge in [-0.2, -0.15) is 0 Å². The molecule has 0 aliphatic carbocycles. The molecule has 0 unspecified atom stereocenters. The highest BCUT2D eigenvalue weighted by atomic mass is 16.3. The van der Waals surface area contributed by atoms with Crippen molar-refractivity contribution < 1.29 is 4.42 Å². The Morgan fingerprint density at radius 3 is 2.06 bits per heavy atom. The lowest BCUT2D eigenvalue weighted by Gasteiger charge is -2.27. The maximum Gasteiger partial charge on any atom is 0.227 e. The zero-order valence-electron chi connectivity index (χ0n) is 26.5. The normalized spacial score (nSPS) is 11.7. The third-order valence-corrected chi connectivity index (χ3v) is 9.55. The molecule has 2 aromatic heterocycles. The molecule has 0 N–H and O–H groups in total. The molecule has 230 valence electrons. The summed E-state index contributed by atoms with van der Waals surface area (Å²) >= 11 is 0. The van der Waals surface area contributed by atoms with Gasteiger partial charge < -0.3 is 13.9 Å². The standard InChI is InChI=1S/C45H29N3O/c1-3-14-31(15-4-1)45-46-39-21-12-24-42(44(39)49-45)48(40-23-11-16-30-13-7-8-19-36(30)40)35-26-25-32-28-38-37-20-9-10-22-41(37)47(34-17-5-2-6-18-34)43(38)29-33(32)27-35/h1-29H. The van der Waals surface area contributed by atoms with Crippen LogP contribution in [0.25, 0.3) is 71.6 Å². The van der Waals surface area contributed by atoms with Gasteiger partial charge in [-0.05, 0) is 89.0 Å². The minimum Gasteiger partial charge on any atom is -0.434 e. The Morgan fingerprint density at radius 2 is 1.18 bits per heavy atom. The van der Waals surface area contributed by atoms with Crippen LogP contribution in [0.4, 0.5) is 17.1 Å². The average Bonchev–Trinajstić information content (AvgIpc) is 3.75. The highest BCUT2D eigenvalue weighted by Gasteiger charge is 2.22. The van der Waals surface area contributed by atoms with E-state index in [0.717, 1.165) is 50.2 Å². The minimum absolute atomic E-state index is 0.607. The molecule has 0 fully saturated rings. The van der Waals surface area contributed by atoms with Crippen LogP contribution in [0.1, 0.15) is 0 Å². The number of hydrogen-bond acceptors (Lipinski definition) is 3. The lowest BCUT2D eigenvalue weighted by Crippen LogP contribution is -2.10. The Hall–Kier alpha value is -6.65. The number of fused-ring (bicyclic) bond motifs is 6. The topological polar surface area (TPSA) is 34.2 Å². The summed E-state index contributed by atoms with van der Waals surface area (Å²) in [5, 5.41) is 7.17. The highest BCUT2D eigenvalue weighted by Crippen LogP contribution is 2.44. The van der Waals surface area contributed by atoms with Crippen LogP contribution in [0, 0.1) is 0 Å². The van der Waals surface area contributed by atoms with Crippen LogP contribution in [0.5, 0.6) is 0 Å². The van der Waals surface area contributed by atoms with Gasteiger partial charge in [-0.3, -0.25) is 0 Å². The van der Waals surface area contributed by atoms with Crippen molar-refractivity contribution in [3.05, 3.63) is 176 Å². The van der Waals surface area contributed by atoms with Gasteiger partial charge in [0, 0.05) is 33.1 Å². The number of rotatable bonds is 5. The predicted octanol–water partition coefficient (Wildman–Crippen LogP) is 12.4. The van der Waals surface area contributed by atoms with E-state index >= 15 is 0 Å². The van der Waals surface area contributed by atoms with Crippen LogP contribution < -0.4 is 4.90 Å². The molecule has 0 atom stereocenters. The summed E-state index contributed by atoms with van der Waals surface area (Å²) < 4.78 is 8.98. The molecular weight excluding hydrogens is 599 g/mol. The van der Waals surface area contributed by atoms with Gasteiger partial charge in [-0.25, -0.2) is 4.98 Å². The van der Waals surface area contributed by atoms with Crippen molar-refractivity contribution in [2.75, 3.05) is 4.90 Å². The second-order valence-electron chi connectivity index (χ2n) is 12.4. The van der Waals surface area contributed by atoms with Crippen LogP contribution in [-0.4, -0.2) is 9.55 Å². The third-order valence-electron chi connectivity index (χ3n) is 9.55. The molecule has 0 aliphatic heterocycles. The number of aromatic nitrogens is 2. The van der Waals surface area contributed by atoms with E-state index in [4.69, 9.17) is 9.40 Å². The van der Waals surface area contributed by atoms with E-state index in [1.807, 2.05) is 36.4 Å². The summed E-state index contributed by atoms with van der Waals surface area (Å²) in [4.78, 5) is 7.24. The van der Waals surface area contributed by atoms with Gasteiger partial charge in [0.1, 0.15) is 5.52 Å². The summed E-state index contributed by atoms with van der Waals surface area (Å²) in [6, 6.07) is 62.1. The molecule has 2 heterocycles. The highest BCUT2D eigenvalue weighted by molar-refractivity contribution is 6.14. The van der Waals surface area contributed by atoms with Gasteiger partial charge in [0.25, 0.3) is 0 Å². The van der Waals surface area contributed by atoms with E-state index in [0.29, 0.717) is 5.89 Å². The molecule has 4 heteroatoms. The molecule has 0 radical (unpaired) electrons. The summed E-state index contributed by atoms with van der Waals surface area (Å²) in [6.07, 6.45) is 0. The first-order valence-corrected chi connectivity index (χ1v) is 16.6. The molecule has 8 aromatic carbocycles. The van der Waals surface area contributed by atoms with Crippen LogP contribution in [-0.2, 0) is 0 Å². The Morgan fingerprint density at radius 1 is 0.469 bits per heavy atom. The lowest BCUT2D eigenvalue weighted by molar-refractivity contribution is 0.620. The number of hydrogen-bond donors (Lipinski definition) is 0. The average molecular weight is 628 g/mol. The second kappa shape index (κ2) is 11.0. The van der Waals surface area contributed by atoms with Gasteiger partial charge in [-0.1, -0.05) is 103 Å². The van der Waals surface area contributed by atoms with Crippen molar-refractivity contribution in [2.45, 2.75) is 0 Å². The Balaban J connectivity index is 1.24. The smallest absolute Gasteiger partial charge is 0.227 e. The van der Waals surface area contributed by atoms with E-state index < -0.39 is 0 Å². The summed E-state index contributed by atoms with van der Waals surface area (Å²) in [5.74, 6) is 0.607. The van der Waals surface area contributed by atoms with Gasteiger partial charge >= 0.3 is 0 Å². The van der Waals surface area contributed by atoms with Crippen LogP contribution in [0.2, 0.25) is 0 Å². The van der Waals surface area contributed by atoms with Gasteiger partial charge in [-0.15, -0.1) is 0 Å². The van der Waals surface area contributed by atoms with Gasteiger partial charge in [0.05, 0.1) is 22.4 Å². The van der Waals surface area contributed by atoms with Crippen molar-refractivity contribution in [2.24, 2.45) is 0 Å². The molecule has 0 saturated carbocycles. The molecule has 0 amide bonds. The molecule has 0 bridgehead atoms. The maximum atomic E-state index is 6.61. The zero-order valence-corrected chi connectivity index (χ0v) is 26.5. The molecule has 0 spiro atoms. The Bertz CT molecular complexity index is 2830. The fraction of sp³-hybridized carbons (Fsp3) is 0.